The average molecular weight is 388 g/mol. The van der Waals surface area contributed by atoms with Crippen LogP contribution >= 0.6 is 0 Å². The topological polar surface area (TPSA) is 64.6 Å². The fraction of sp³-hybridized carbons (Fsp3) is 0.522. The van der Waals surface area contributed by atoms with Crippen molar-refractivity contribution in [2.45, 2.75) is 46.0 Å². The molecule has 1 fully saturated rings. The summed E-state index contributed by atoms with van der Waals surface area (Å²) in [6, 6.07) is 0. The van der Waals surface area contributed by atoms with E-state index in [4.69, 9.17) is 5.11 Å². The molecule has 1 rings (SSSR count). The maximum Gasteiger partial charge on any atom is 0.251 e. The maximum atomic E-state index is 12.4. The van der Waals surface area contributed by atoms with Crippen LogP contribution in [-0.2, 0) is 4.79 Å². The van der Waals surface area contributed by atoms with E-state index in [1.807, 2.05) is 31.2 Å². The highest BCUT2D eigenvalue weighted by atomic mass is 16.2. The van der Waals surface area contributed by atoms with Gasteiger partial charge in [-0.25, -0.2) is 0 Å². The second-order valence-corrected chi connectivity index (χ2v) is 7.40. The van der Waals surface area contributed by atoms with Crippen molar-refractivity contribution in [2.75, 3.05) is 33.8 Å². The van der Waals surface area contributed by atoms with Crippen molar-refractivity contribution < 1.29 is 9.90 Å². The number of carbonyl (C=O) groups excluding carboxylic acids is 1. The van der Waals surface area contributed by atoms with Crippen LogP contribution in [0.2, 0.25) is 0 Å². The number of aliphatic hydroxyl groups is 1. The molecule has 0 aromatic rings. The third-order valence-corrected chi connectivity index (χ3v) is 4.47. The molecule has 1 amide bonds. The van der Waals surface area contributed by atoms with Crippen LogP contribution < -0.4 is 10.6 Å². The zero-order chi connectivity index (χ0) is 20.9. The van der Waals surface area contributed by atoms with Crippen molar-refractivity contribution >= 4 is 5.91 Å². The van der Waals surface area contributed by atoms with Crippen molar-refractivity contribution in [3.05, 3.63) is 59.0 Å². The first kappa shape index (κ1) is 23.9. The lowest BCUT2D eigenvalue weighted by atomic mass is 9.99. The largest absolute Gasteiger partial charge is 0.396 e. The molecule has 0 aromatic carbocycles. The predicted octanol–water partition coefficient (Wildman–Crippen LogP) is 3.43. The lowest BCUT2D eigenvalue weighted by Gasteiger charge is -2.16. The van der Waals surface area contributed by atoms with Crippen LogP contribution in [0.25, 0.3) is 0 Å². The Morgan fingerprint density at radius 3 is 2.71 bits per heavy atom. The van der Waals surface area contributed by atoms with Crippen molar-refractivity contribution in [1.82, 2.24) is 15.5 Å². The number of nitrogens with zero attached hydrogens (tertiary/aromatic N) is 1. The predicted molar refractivity (Wildman–Crippen MR) is 118 cm³/mol. The van der Waals surface area contributed by atoms with E-state index >= 15 is 0 Å². The zero-order valence-electron chi connectivity index (χ0n) is 18.0. The molecule has 0 spiro atoms. The SMILES string of the molecule is C=C(C)/C(CCCN(C)C)=C(/C=C1/C/C(=C\C=C/CCCO)NC1=O)NCC. The third-order valence-electron chi connectivity index (χ3n) is 4.47. The number of aliphatic hydroxyl groups excluding tert-OH is 1. The Morgan fingerprint density at radius 1 is 1.36 bits per heavy atom. The molecule has 5 nitrogen and oxygen atoms in total. The van der Waals surface area contributed by atoms with E-state index in [1.165, 1.54) is 5.57 Å². The average Bonchev–Trinajstić information content (AvgIpc) is 2.97. The molecule has 0 aliphatic carbocycles. The first-order chi connectivity index (χ1) is 13.4. The van der Waals surface area contributed by atoms with Gasteiger partial charge in [-0.2, -0.15) is 0 Å². The minimum Gasteiger partial charge on any atom is -0.396 e. The Hall–Kier alpha value is -2.11. The minimum absolute atomic E-state index is 0.0419. The van der Waals surface area contributed by atoms with Gasteiger partial charge in [-0.3, -0.25) is 4.79 Å². The van der Waals surface area contributed by atoms with Gasteiger partial charge in [-0.1, -0.05) is 24.3 Å². The molecule has 1 heterocycles. The molecule has 0 aromatic heterocycles. The highest BCUT2D eigenvalue weighted by molar-refractivity contribution is 5.98. The van der Waals surface area contributed by atoms with Crippen LogP contribution in [0.1, 0.15) is 46.0 Å². The van der Waals surface area contributed by atoms with Gasteiger partial charge in [0.25, 0.3) is 5.91 Å². The molecule has 156 valence electrons. The fourth-order valence-electron chi connectivity index (χ4n) is 3.02. The summed E-state index contributed by atoms with van der Waals surface area (Å²) >= 11 is 0. The summed E-state index contributed by atoms with van der Waals surface area (Å²) in [6.45, 7) is 10.2. The summed E-state index contributed by atoms with van der Waals surface area (Å²) in [5.41, 5.74) is 4.88. The summed E-state index contributed by atoms with van der Waals surface area (Å²) in [4.78, 5) is 14.6. The Balaban J connectivity index is 2.98. The summed E-state index contributed by atoms with van der Waals surface area (Å²) in [5, 5.41) is 15.2. The monoisotopic (exact) mass is 387 g/mol. The standard InChI is InChI=1S/C23H37N3O2/c1-6-24-22(21(18(2)3)13-11-14-26(4)5)17-19-16-20(25-23(19)28)12-9-7-8-10-15-27/h7,9,12,17,24,27H,2,6,8,10-11,13-16H2,1,3-5H3,(H,25,28)/b9-7-,19-17-,20-12+,22-21-. The second-order valence-electron chi connectivity index (χ2n) is 7.40. The maximum absolute atomic E-state index is 12.4. The molecule has 5 heteroatoms. The number of hydrogen-bond donors (Lipinski definition) is 3. The third kappa shape index (κ3) is 8.72. The van der Waals surface area contributed by atoms with Crippen molar-refractivity contribution in [3.8, 4) is 0 Å². The molecule has 0 bridgehead atoms. The van der Waals surface area contributed by atoms with E-state index in [-0.39, 0.29) is 12.5 Å². The number of unbranched alkanes of at least 4 members (excludes halogenated alkanes) is 1. The van der Waals surface area contributed by atoms with Gasteiger partial charge in [0.2, 0.25) is 0 Å². The minimum atomic E-state index is -0.0419. The first-order valence-electron chi connectivity index (χ1n) is 10.1. The molecule has 28 heavy (non-hydrogen) atoms. The number of hydrogen-bond acceptors (Lipinski definition) is 4. The molecule has 1 saturated heterocycles. The van der Waals surface area contributed by atoms with Gasteiger partial charge in [-0.05, 0) is 77.9 Å². The van der Waals surface area contributed by atoms with Crippen LogP contribution in [0.4, 0.5) is 0 Å². The lowest BCUT2D eigenvalue weighted by molar-refractivity contribution is -0.115. The Labute approximate surface area is 170 Å². The van der Waals surface area contributed by atoms with Crippen molar-refractivity contribution in [3.63, 3.8) is 0 Å². The summed E-state index contributed by atoms with van der Waals surface area (Å²) in [6.07, 6.45) is 12.0. The van der Waals surface area contributed by atoms with Crippen LogP contribution in [0.5, 0.6) is 0 Å². The van der Waals surface area contributed by atoms with Gasteiger partial charge in [-0.15, -0.1) is 0 Å². The van der Waals surface area contributed by atoms with E-state index in [9.17, 15) is 4.79 Å². The van der Waals surface area contributed by atoms with E-state index in [0.717, 1.165) is 61.3 Å². The van der Waals surface area contributed by atoms with Crippen LogP contribution in [-0.4, -0.2) is 49.7 Å². The highest BCUT2D eigenvalue weighted by Gasteiger charge is 2.21. The van der Waals surface area contributed by atoms with Gasteiger partial charge >= 0.3 is 0 Å². The molecule has 1 aliphatic rings. The molecular formula is C23H37N3O2. The van der Waals surface area contributed by atoms with Crippen LogP contribution in [0, 0.1) is 0 Å². The number of carbonyl (C=O) groups is 1. The Bertz CT molecular complexity index is 655. The van der Waals surface area contributed by atoms with Gasteiger partial charge in [0.15, 0.2) is 0 Å². The van der Waals surface area contributed by atoms with Crippen molar-refractivity contribution in [1.29, 1.82) is 0 Å². The summed E-state index contributed by atoms with van der Waals surface area (Å²) < 4.78 is 0. The number of likely N-dealkylation sites (N-methyl/N-ethyl adjacent to an activating group) is 1. The highest BCUT2D eigenvalue weighted by Crippen LogP contribution is 2.24. The molecule has 0 unspecified atom stereocenters. The lowest BCUT2D eigenvalue weighted by Crippen LogP contribution is -2.18. The number of rotatable bonds is 12. The van der Waals surface area contributed by atoms with Crippen LogP contribution in [0.15, 0.2) is 59.0 Å². The molecule has 1 aliphatic heterocycles. The van der Waals surface area contributed by atoms with E-state index in [2.05, 4.69) is 43.1 Å². The summed E-state index contributed by atoms with van der Waals surface area (Å²) in [5.74, 6) is -0.0419. The van der Waals surface area contributed by atoms with Gasteiger partial charge < -0.3 is 20.6 Å². The van der Waals surface area contributed by atoms with Crippen molar-refractivity contribution in [2.24, 2.45) is 0 Å². The summed E-state index contributed by atoms with van der Waals surface area (Å²) in [7, 11) is 4.15. The smallest absolute Gasteiger partial charge is 0.251 e. The quantitative estimate of drug-likeness (QED) is 0.273. The number of amides is 1. The van der Waals surface area contributed by atoms with Gasteiger partial charge in [0.1, 0.15) is 0 Å². The van der Waals surface area contributed by atoms with E-state index < -0.39 is 0 Å². The first-order valence-corrected chi connectivity index (χ1v) is 10.1. The van der Waals surface area contributed by atoms with Gasteiger partial charge in [0.05, 0.1) is 0 Å². The normalized spacial score (nSPS) is 18.3. The van der Waals surface area contributed by atoms with Gasteiger partial charge in [0, 0.05) is 36.5 Å². The Morgan fingerprint density at radius 2 is 2.11 bits per heavy atom. The molecule has 0 atom stereocenters. The van der Waals surface area contributed by atoms with E-state index in [0.29, 0.717) is 6.42 Å². The molecule has 3 N–H and O–H groups in total. The molecular weight excluding hydrogens is 350 g/mol. The van der Waals surface area contributed by atoms with Crippen LogP contribution in [0.3, 0.4) is 0 Å². The zero-order valence-corrected chi connectivity index (χ0v) is 18.0. The molecule has 0 saturated carbocycles. The fourth-order valence-corrected chi connectivity index (χ4v) is 3.02. The molecule has 0 radical (unpaired) electrons. The second kappa shape index (κ2) is 13.1. The number of nitrogens with one attached hydrogen (secondary N) is 2. The van der Waals surface area contributed by atoms with E-state index in [1.54, 1.807) is 0 Å². The Kier molecular flexibility index (Phi) is 11.2. The number of allylic oxidation sites excluding steroid dienone is 7.